The number of hydrogen-bond acceptors (Lipinski definition) is 3. The quantitative estimate of drug-likeness (QED) is 0.288. The molecule has 204 valence electrons. The number of rotatable bonds is 6. The highest BCUT2D eigenvalue weighted by Crippen LogP contribution is 2.37. The molecule has 1 aromatic heterocycles. The van der Waals surface area contributed by atoms with E-state index in [0.29, 0.717) is 37.9 Å². The lowest BCUT2D eigenvalue weighted by Crippen LogP contribution is -2.44. The van der Waals surface area contributed by atoms with Crippen LogP contribution in [0.4, 0.5) is 18.0 Å². The molecule has 1 N–H and O–H groups in total. The first kappa shape index (κ1) is 27.0. The fourth-order valence-electron chi connectivity index (χ4n) is 5.20. The molecule has 0 bridgehead atoms. The number of amides is 2. The number of aromatic nitrogens is 2. The Hall–Kier alpha value is -4.58. The van der Waals surface area contributed by atoms with Gasteiger partial charge in [0.25, 0.3) is 0 Å². The Morgan fingerprint density at radius 3 is 2.50 bits per heavy atom. The Morgan fingerprint density at radius 2 is 1.85 bits per heavy atom. The molecular weight excluding hydrogens is 515 g/mol. The highest BCUT2D eigenvalue weighted by atomic mass is 19.4. The topological polar surface area (TPSA) is 74.0 Å². The maximum atomic E-state index is 13.4. The van der Waals surface area contributed by atoms with E-state index in [9.17, 15) is 18.0 Å². The molecule has 4 aromatic rings. The highest BCUT2D eigenvalue weighted by molar-refractivity contribution is 5.78. The van der Waals surface area contributed by atoms with Crippen molar-refractivity contribution in [3.8, 4) is 28.6 Å². The van der Waals surface area contributed by atoms with E-state index in [0.717, 1.165) is 45.8 Å². The van der Waals surface area contributed by atoms with E-state index in [1.807, 2.05) is 60.3 Å². The summed E-state index contributed by atoms with van der Waals surface area (Å²) in [6.07, 6.45) is 0.471. The molecule has 5 rings (SSSR count). The van der Waals surface area contributed by atoms with Gasteiger partial charge in [-0.05, 0) is 64.9 Å². The van der Waals surface area contributed by atoms with Gasteiger partial charge in [-0.25, -0.2) is 9.78 Å². The molecule has 3 aromatic carbocycles. The molecule has 0 saturated heterocycles. The van der Waals surface area contributed by atoms with Gasteiger partial charge in [0.15, 0.2) is 0 Å². The van der Waals surface area contributed by atoms with Crippen LogP contribution >= 0.6 is 0 Å². The summed E-state index contributed by atoms with van der Waals surface area (Å²) < 4.78 is 41.5. The maximum Gasteiger partial charge on any atom is 0.416 e. The summed E-state index contributed by atoms with van der Waals surface area (Å²) in [4.78, 5) is 19.6. The van der Waals surface area contributed by atoms with Crippen molar-refractivity contribution >= 4 is 6.03 Å². The standard InChI is InChI=1S/C31H28F3N5O/c1-38-17-15-36-29(38)23-18-24-20-39(30(40)37-28(8-5-14-35)22-6-3-2-4-7-22)16-13-26(24)27(19-23)21-9-11-25(12-10-21)31(32,33)34/h2-4,6-7,9-12,15,17-19,28H,5,8,13,16,20H2,1H3,(H,37,40)/t28-/m0/s1. The summed E-state index contributed by atoms with van der Waals surface area (Å²) >= 11 is 0. The van der Waals surface area contributed by atoms with Gasteiger partial charge >= 0.3 is 12.2 Å². The Kier molecular flexibility index (Phi) is 7.60. The molecule has 0 spiro atoms. The van der Waals surface area contributed by atoms with Crippen LogP contribution in [0.5, 0.6) is 0 Å². The first-order valence-corrected chi connectivity index (χ1v) is 13.0. The van der Waals surface area contributed by atoms with E-state index in [-0.39, 0.29) is 12.1 Å². The second-order valence-corrected chi connectivity index (χ2v) is 9.88. The largest absolute Gasteiger partial charge is 0.416 e. The zero-order chi connectivity index (χ0) is 28.3. The van der Waals surface area contributed by atoms with Crippen LogP contribution < -0.4 is 5.32 Å². The lowest BCUT2D eigenvalue weighted by Gasteiger charge is -2.32. The summed E-state index contributed by atoms with van der Waals surface area (Å²) in [7, 11) is 1.88. The van der Waals surface area contributed by atoms with Crippen LogP contribution in [0.25, 0.3) is 22.5 Å². The monoisotopic (exact) mass is 543 g/mol. The lowest BCUT2D eigenvalue weighted by molar-refractivity contribution is -0.137. The van der Waals surface area contributed by atoms with Gasteiger partial charge in [0.05, 0.1) is 17.7 Å². The van der Waals surface area contributed by atoms with Gasteiger partial charge in [0.1, 0.15) is 5.82 Å². The van der Waals surface area contributed by atoms with Gasteiger partial charge in [-0.1, -0.05) is 42.5 Å². The maximum absolute atomic E-state index is 13.4. The molecule has 1 atom stereocenters. The number of nitriles is 1. The average molecular weight is 544 g/mol. The number of imidazole rings is 1. The smallest absolute Gasteiger partial charge is 0.334 e. The van der Waals surface area contributed by atoms with E-state index < -0.39 is 11.7 Å². The van der Waals surface area contributed by atoms with Gasteiger partial charge in [-0.2, -0.15) is 18.4 Å². The molecule has 0 fully saturated rings. The summed E-state index contributed by atoms with van der Waals surface area (Å²) in [5.41, 5.74) is 4.50. The Bertz CT molecular complexity index is 1540. The second kappa shape index (κ2) is 11.3. The molecule has 1 aliphatic rings. The fraction of sp³-hybridized carbons (Fsp3) is 0.258. The van der Waals surface area contributed by atoms with Crippen LogP contribution in [0.3, 0.4) is 0 Å². The summed E-state index contributed by atoms with van der Waals surface area (Å²) in [6.45, 7) is 0.792. The van der Waals surface area contributed by atoms with Gasteiger partial charge in [-0.3, -0.25) is 0 Å². The van der Waals surface area contributed by atoms with Crippen LogP contribution in [0.15, 0.2) is 79.1 Å². The van der Waals surface area contributed by atoms with E-state index in [2.05, 4.69) is 16.4 Å². The van der Waals surface area contributed by atoms with E-state index in [1.165, 1.54) is 12.1 Å². The van der Waals surface area contributed by atoms with Crippen molar-refractivity contribution in [2.45, 2.75) is 38.0 Å². The number of halogens is 3. The molecule has 0 aliphatic carbocycles. The number of carbonyl (C=O) groups excluding carboxylic acids is 1. The third kappa shape index (κ3) is 5.71. The molecule has 2 heterocycles. The molecule has 40 heavy (non-hydrogen) atoms. The van der Waals surface area contributed by atoms with Crippen molar-refractivity contribution in [3.63, 3.8) is 0 Å². The van der Waals surface area contributed by atoms with Crippen molar-refractivity contribution in [2.75, 3.05) is 6.54 Å². The number of benzene rings is 3. The van der Waals surface area contributed by atoms with E-state index in [1.54, 1.807) is 11.1 Å². The predicted molar refractivity (Wildman–Crippen MR) is 146 cm³/mol. The number of carbonyl (C=O) groups is 1. The average Bonchev–Trinajstić information content (AvgIpc) is 3.40. The minimum Gasteiger partial charge on any atom is -0.334 e. The molecule has 0 unspecified atom stereocenters. The molecule has 9 heteroatoms. The number of hydrogen-bond donors (Lipinski definition) is 1. The number of aryl methyl sites for hydroxylation is 1. The summed E-state index contributed by atoms with van der Waals surface area (Å²) in [5, 5.41) is 12.2. The zero-order valence-electron chi connectivity index (χ0n) is 21.9. The normalized spacial score (nSPS) is 13.8. The Morgan fingerprint density at radius 1 is 1.10 bits per heavy atom. The molecule has 6 nitrogen and oxygen atoms in total. The van der Waals surface area contributed by atoms with Crippen molar-refractivity contribution in [3.05, 3.63) is 101 Å². The minimum absolute atomic E-state index is 0.226. The predicted octanol–water partition coefficient (Wildman–Crippen LogP) is 6.89. The zero-order valence-corrected chi connectivity index (χ0v) is 21.9. The van der Waals surface area contributed by atoms with Gasteiger partial charge in [0, 0.05) is 44.5 Å². The first-order valence-electron chi connectivity index (χ1n) is 13.0. The van der Waals surface area contributed by atoms with Crippen molar-refractivity contribution in [2.24, 2.45) is 7.05 Å². The van der Waals surface area contributed by atoms with Crippen LogP contribution in [-0.2, 0) is 26.2 Å². The van der Waals surface area contributed by atoms with Crippen LogP contribution in [0, 0.1) is 11.3 Å². The number of urea groups is 1. The Balaban J connectivity index is 1.47. The highest BCUT2D eigenvalue weighted by Gasteiger charge is 2.31. The summed E-state index contributed by atoms with van der Waals surface area (Å²) in [6, 6.07) is 20.4. The van der Waals surface area contributed by atoms with Gasteiger partial charge in [-0.15, -0.1) is 0 Å². The van der Waals surface area contributed by atoms with Crippen molar-refractivity contribution in [1.29, 1.82) is 5.26 Å². The number of nitrogens with one attached hydrogen (secondary N) is 1. The number of nitrogens with zero attached hydrogens (tertiary/aromatic N) is 4. The molecule has 1 aliphatic heterocycles. The van der Waals surface area contributed by atoms with Crippen LogP contribution in [-0.4, -0.2) is 27.0 Å². The third-order valence-electron chi connectivity index (χ3n) is 7.27. The van der Waals surface area contributed by atoms with E-state index in [4.69, 9.17) is 5.26 Å². The van der Waals surface area contributed by atoms with Crippen LogP contribution in [0.2, 0.25) is 0 Å². The molecule has 0 radical (unpaired) electrons. The number of alkyl halides is 3. The van der Waals surface area contributed by atoms with Crippen molar-refractivity contribution in [1.82, 2.24) is 19.8 Å². The van der Waals surface area contributed by atoms with Crippen LogP contribution in [0.1, 0.15) is 41.1 Å². The molecule has 2 amide bonds. The van der Waals surface area contributed by atoms with Gasteiger partial charge in [0.2, 0.25) is 0 Å². The summed E-state index contributed by atoms with van der Waals surface area (Å²) in [5.74, 6) is 0.721. The lowest BCUT2D eigenvalue weighted by atomic mass is 9.88. The second-order valence-electron chi connectivity index (χ2n) is 9.88. The van der Waals surface area contributed by atoms with Gasteiger partial charge < -0.3 is 14.8 Å². The van der Waals surface area contributed by atoms with E-state index >= 15 is 0 Å². The minimum atomic E-state index is -4.41. The first-order chi connectivity index (χ1) is 19.2. The third-order valence-corrected chi connectivity index (χ3v) is 7.27. The Labute approximate surface area is 230 Å². The SMILES string of the molecule is Cn1ccnc1-c1cc2c(c(-c3ccc(C(F)(F)F)cc3)c1)CCN(C(=O)N[C@@H](CCC#N)c1ccccc1)C2. The van der Waals surface area contributed by atoms with Crippen molar-refractivity contribution < 1.29 is 18.0 Å². The molecular formula is C31H28F3N5O. The number of fused-ring (bicyclic) bond motifs is 1. The molecule has 0 saturated carbocycles. The fourth-order valence-corrected chi connectivity index (χ4v) is 5.20.